The summed E-state index contributed by atoms with van der Waals surface area (Å²) in [6.07, 6.45) is 0. The molecule has 1 atom stereocenters. The standard InChI is InChI=1S/C9H13NS.Li/c1-10(2)9(11)8-6-4-3-5-7-8;/h3-7,9,11H,1-2H3;/q;+1/p-1. The summed E-state index contributed by atoms with van der Waals surface area (Å²) in [5.74, 6) is 0. The number of benzene rings is 1. The molecular weight excluding hydrogens is 161 g/mol. The summed E-state index contributed by atoms with van der Waals surface area (Å²) in [5, 5.41) is 0.0937. The van der Waals surface area contributed by atoms with Crippen LogP contribution in [0.2, 0.25) is 0 Å². The summed E-state index contributed by atoms with van der Waals surface area (Å²) < 4.78 is 0. The van der Waals surface area contributed by atoms with Gasteiger partial charge in [-0.2, -0.15) is 0 Å². The molecule has 0 bridgehead atoms. The molecule has 1 unspecified atom stereocenters. The van der Waals surface area contributed by atoms with Crippen LogP contribution in [0.1, 0.15) is 10.9 Å². The van der Waals surface area contributed by atoms with Crippen LogP contribution in [0.5, 0.6) is 0 Å². The van der Waals surface area contributed by atoms with E-state index in [4.69, 9.17) is 12.6 Å². The van der Waals surface area contributed by atoms with Crippen LogP contribution in [0.15, 0.2) is 30.3 Å². The Labute approximate surface area is 91.7 Å². The van der Waals surface area contributed by atoms with Crippen molar-refractivity contribution in [3.63, 3.8) is 0 Å². The second kappa shape index (κ2) is 5.72. The van der Waals surface area contributed by atoms with Crippen LogP contribution in [0.3, 0.4) is 0 Å². The van der Waals surface area contributed by atoms with Gasteiger partial charge >= 0.3 is 18.9 Å². The van der Waals surface area contributed by atoms with E-state index in [1.165, 1.54) is 5.56 Å². The number of hydrogen-bond donors (Lipinski definition) is 0. The molecule has 0 aliphatic carbocycles. The van der Waals surface area contributed by atoms with E-state index in [1.54, 1.807) is 0 Å². The second-order valence-corrected chi connectivity index (χ2v) is 3.17. The molecule has 0 amide bonds. The van der Waals surface area contributed by atoms with E-state index in [-0.39, 0.29) is 24.2 Å². The van der Waals surface area contributed by atoms with Crippen molar-refractivity contribution in [2.45, 2.75) is 5.37 Å². The minimum absolute atomic E-state index is 0. The monoisotopic (exact) mass is 173 g/mol. The maximum atomic E-state index is 5.25. The SMILES string of the molecule is CN(C)C([S-])c1ccccc1.[Li+]. The molecule has 0 spiro atoms. The Morgan fingerprint density at radius 1 is 1.17 bits per heavy atom. The molecule has 60 valence electrons. The van der Waals surface area contributed by atoms with Crippen LogP contribution in [-0.2, 0) is 12.6 Å². The largest absolute Gasteiger partial charge is 1.00 e. The van der Waals surface area contributed by atoms with E-state index in [0.717, 1.165) is 0 Å². The summed E-state index contributed by atoms with van der Waals surface area (Å²) in [7, 11) is 3.98. The van der Waals surface area contributed by atoms with Gasteiger partial charge in [0.05, 0.1) is 0 Å². The van der Waals surface area contributed by atoms with E-state index < -0.39 is 0 Å². The summed E-state index contributed by atoms with van der Waals surface area (Å²) in [6, 6.07) is 10.1. The Bertz CT molecular complexity index is 213. The molecule has 0 aliphatic heterocycles. The molecule has 0 N–H and O–H groups in total. The van der Waals surface area contributed by atoms with Crippen LogP contribution in [-0.4, -0.2) is 19.0 Å². The van der Waals surface area contributed by atoms with Gasteiger partial charge < -0.3 is 17.5 Å². The number of nitrogens with zero attached hydrogens (tertiary/aromatic N) is 1. The first-order valence-electron chi connectivity index (χ1n) is 3.59. The van der Waals surface area contributed by atoms with Crippen molar-refractivity contribution in [3.8, 4) is 0 Å². The van der Waals surface area contributed by atoms with Crippen LogP contribution in [0.25, 0.3) is 0 Å². The molecule has 0 aromatic heterocycles. The van der Waals surface area contributed by atoms with Gasteiger partial charge in [0.2, 0.25) is 0 Å². The molecule has 0 fully saturated rings. The average molecular weight is 173 g/mol. The predicted octanol–water partition coefficient (Wildman–Crippen LogP) is -1.20. The minimum atomic E-state index is 0. The normalized spacial score (nSPS) is 12.3. The molecule has 12 heavy (non-hydrogen) atoms. The van der Waals surface area contributed by atoms with Gasteiger partial charge in [0.15, 0.2) is 0 Å². The van der Waals surface area contributed by atoms with Crippen LogP contribution in [0.4, 0.5) is 0 Å². The van der Waals surface area contributed by atoms with Gasteiger partial charge in [-0.3, -0.25) is 0 Å². The van der Waals surface area contributed by atoms with Gasteiger partial charge in [-0.05, 0) is 14.1 Å². The summed E-state index contributed by atoms with van der Waals surface area (Å²) in [4.78, 5) is 2.02. The fourth-order valence-corrected chi connectivity index (χ4v) is 1.07. The van der Waals surface area contributed by atoms with Gasteiger partial charge in [0, 0.05) is 0 Å². The van der Waals surface area contributed by atoms with Crippen LogP contribution in [0, 0.1) is 0 Å². The molecule has 0 radical (unpaired) electrons. The Balaban J connectivity index is 0.00000121. The van der Waals surface area contributed by atoms with Gasteiger partial charge in [0.1, 0.15) is 0 Å². The summed E-state index contributed by atoms with van der Waals surface area (Å²) in [5.41, 5.74) is 1.19. The van der Waals surface area contributed by atoms with Crippen molar-refractivity contribution in [2.75, 3.05) is 14.1 Å². The van der Waals surface area contributed by atoms with Gasteiger partial charge in [-0.25, -0.2) is 0 Å². The van der Waals surface area contributed by atoms with Crippen molar-refractivity contribution >= 4 is 12.6 Å². The summed E-state index contributed by atoms with van der Waals surface area (Å²) >= 11 is 5.25. The second-order valence-electron chi connectivity index (χ2n) is 2.73. The molecular formula is C9H12LiNS. The summed E-state index contributed by atoms with van der Waals surface area (Å²) in [6.45, 7) is 0. The molecule has 0 heterocycles. The minimum Gasteiger partial charge on any atom is -0.769 e. The zero-order valence-electron chi connectivity index (χ0n) is 7.82. The van der Waals surface area contributed by atoms with Crippen molar-refractivity contribution in [2.24, 2.45) is 0 Å². The Kier molecular flexibility index (Phi) is 5.78. The van der Waals surface area contributed by atoms with Gasteiger partial charge in [-0.15, -0.1) is 0 Å². The Morgan fingerprint density at radius 2 is 1.67 bits per heavy atom. The van der Waals surface area contributed by atoms with E-state index >= 15 is 0 Å². The topological polar surface area (TPSA) is 3.24 Å². The molecule has 3 heteroatoms. The van der Waals surface area contributed by atoms with E-state index in [0.29, 0.717) is 0 Å². The number of hydrogen-bond acceptors (Lipinski definition) is 2. The molecule has 1 aromatic rings. The molecule has 0 aliphatic rings. The predicted molar refractivity (Wildman–Crippen MR) is 50.2 cm³/mol. The Morgan fingerprint density at radius 3 is 2.08 bits per heavy atom. The third-order valence-corrected chi connectivity index (χ3v) is 2.25. The first-order chi connectivity index (χ1) is 5.22. The maximum absolute atomic E-state index is 5.25. The smallest absolute Gasteiger partial charge is 0.769 e. The van der Waals surface area contributed by atoms with E-state index in [2.05, 4.69) is 12.1 Å². The molecule has 1 aromatic carbocycles. The first kappa shape index (κ1) is 12.1. The number of rotatable bonds is 2. The molecule has 0 saturated heterocycles. The third-order valence-electron chi connectivity index (χ3n) is 1.55. The average Bonchev–Trinajstić information content (AvgIpc) is 2.05. The van der Waals surface area contributed by atoms with Crippen molar-refractivity contribution in [1.29, 1.82) is 0 Å². The van der Waals surface area contributed by atoms with E-state index in [1.807, 2.05) is 37.2 Å². The van der Waals surface area contributed by atoms with E-state index in [9.17, 15) is 0 Å². The fraction of sp³-hybridized carbons (Fsp3) is 0.333. The quantitative estimate of drug-likeness (QED) is 0.408. The first-order valence-corrected chi connectivity index (χ1v) is 4.06. The maximum Gasteiger partial charge on any atom is 1.00 e. The Hall–Kier alpha value is 0.127. The van der Waals surface area contributed by atoms with Gasteiger partial charge in [-0.1, -0.05) is 41.3 Å². The zero-order chi connectivity index (χ0) is 8.27. The molecule has 0 saturated carbocycles. The molecule has 1 nitrogen and oxygen atoms in total. The molecule has 1 rings (SSSR count). The van der Waals surface area contributed by atoms with Crippen molar-refractivity contribution in [3.05, 3.63) is 35.9 Å². The van der Waals surface area contributed by atoms with Crippen LogP contribution >= 0.6 is 0 Å². The van der Waals surface area contributed by atoms with Gasteiger partial charge in [0.25, 0.3) is 0 Å². The third kappa shape index (κ3) is 3.24. The van der Waals surface area contributed by atoms with Crippen LogP contribution < -0.4 is 18.9 Å². The van der Waals surface area contributed by atoms with Crippen molar-refractivity contribution < 1.29 is 18.9 Å². The fourth-order valence-electron chi connectivity index (χ4n) is 0.916. The van der Waals surface area contributed by atoms with Crippen molar-refractivity contribution in [1.82, 2.24) is 4.90 Å². The zero-order valence-corrected chi connectivity index (χ0v) is 8.64.